The number of aromatic amines is 1. The van der Waals surface area contributed by atoms with E-state index in [0.29, 0.717) is 6.61 Å². The first-order valence-electron chi connectivity index (χ1n) is 7.96. The Morgan fingerprint density at radius 1 is 1.00 bits per heavy atom. The van der Waals surface area contributed by atoms with Crippen molar-refractivity contribution >= 4 is 10.9 Å². The molecule has 0 fully saturated rings. The molecule has 0 aliphatic rings. The number of ether oxygens (including phenoxy) is 1. The van der Waals surface area contributed by atoms with Crippen molar-refractivity contribution in [2.45, 2.75) is 19.9 Å². The van der Waals surface area contributed by atoms with Crippen LogP contribution in [0, 0.1) is 0 Å². The van der Waals surface area contributed by atoms with E-state index >= 15 is 0 Å². The molecule has 22 heavy (non-hydrogen) atoms. The first kappa shape index (κ1) is 14.7. The van der Waals surface area contributed by atoms with Crippen LogP contribution in [0.15, 0.2) is 54.7 Å². The Bertz CT molecular complexity index is 733. The molecule has 3 nitrogen and oxygen atoms in total. The van der Waals surface area contributed by atoms with Gasteiger partial charge in [0.2, 0.25) is 0 Å². The first-order chi connectivity index (χ1) is 10.9. The predicted octanol–water partition coefficient (Wildman–Crippen LogP) is 2.87. The smallest absolute Gasteiger partial charge is 0.128 e. The molecule has 0 bridgehead atoms. The van der Waals surface area contributed by atoms with Crippen LogP contribution >= 0.6 is 0 Å². The summed E-state index contributed by atoms with van der Waals surface area (Å²) in [5, 5.41) is 3.69. The zero-order chi connectivity index (χ0) is 15.2. The summed E-state index contributed by atoms with van der Waals surface area (Å²) < 4.78 is 5.67. The van der Waals surface area contributed by atoms with E-state index in [1.165, 1.54) is 22.0 Å². The number of aromatic nitrogens is 1. The Hall–Kier alpha value is -2.26. The summed E-state index contributed by atoms with van der Waals surface area (Å²) in [6, 6.07) is 16.8. The minimum atomic E-state index is 0.715. The first-order valence-corrected chi connectivity index (χ1v) is 7.96. The minimum Gasteiger partial charge on any atom is -0.493 e. The molecule has 3 rings (SSSR count). The molecule has 0 saturated carbocycles. The average molecular weight is 295 g/mol. The van der Waals surface area contributed by atoms with Crippen molar-refractivity contribution in [1.82, 2.24) is 4.98 Å². The zero-order valence-corrected chi connectivity index (χ0v) is 13.0. The number of benzene rings is 2. The fourth-order valence-corrected chi connectivity index (χ4v) is 2.82. The number of hydrogen-bond acceptors (Lipinski definition) is 1. The van der Waals surface area contributed by atoms with E-state index in [9.17, 15) is 0 Å². The van der Waals surface area contributed by atoms with Crippen molar-refractivity contribution in [1.29, 1.82) is 0 Å². The topological polar surface area (TPSA) is 41.6 Å². The third-order valence-corrected chi connectivity index (χ3v) is 3.93. The Balaban J connectivity index is 1.56. The SMILES string of the molecule is CCOc1ccccc1C[NH2+]CCc1c[nH]c2ccccc12. The second-order valence-corrected chi connectivity index (χ2v) is 5.43. The lowest BCUT2D eigenvalue weighted by atomic mass is 10.1. The van der Waals surface area contributed by atoms with Crippen LogP contribution in [0.3, 0.4) is 0 Å². The summed E-state index contributed by atoms with van der Waals surface area (Å²) in [6.07, 6.45) is 3.20. The van der Waals surface area contributed by atoms with Crippen molar-refractivity contribution in [2.75, 3.05) is 13.2 Å². The molecular formula is C19H23N2O+. The van der Waals surface area contributed by atoms with Gasteiger partial charge in [0.15, 0.2) is 0 Å². The van der Waals surface area contributed by atoms with E-state index in [1.807, 2.05) is 19.1 Å². The third-order valence-electron chi connectivity index (χ3n) is 3.93. The lowest BCUT2D eigenvalue weighted by Crippen LogP contribution is -2.83. The molecule has 0 atom stereocenters. The molecule has 1 heterocycles. The van der Waals surface area contributed by atoms with Gasteiger partial charge in [0.05, 0.1) is 13.2 Å². The van der Waals surface area contributed by atoms with Gasteiger partial charge in [0, 0.05) is 29.1 Å². The maximum absolute atomic E-state index is 5.67. The second-order valence-electron chi connectivity index (χ2n) is 5.43. The van der Waals surface area contributed by atoms with E-state index in [-0.39, 0.29) is 0 Å². The Kier molecular flexibility index (Phi) is 4.76. The van der Waals surface area contributed by atoms with Crippen LogP contribution in [0.1, 0.15) is 18.1 Å². The van der Waals surface area contributed by atoms with Gasteiger partial charge in [-0.2, -0.15) is 0 Å². The highest BCUT2D eigenvalue weighted by Gasteiger charge is 2.06. The molecule has 3 N–H and O–H groups in total. The number of fused-ring (bicyclic) bond motifs is 1. The monoisotopic (exact) mass is 295 g/mol. The van der Waals surface area contributed by atoms with Crippen molar-refractivity contribution in [3.8, 4) is 5.75 Å². The normalized spacial score (nSPS) is 11.0. The van der Waals surface area contributed by atoms with Crippen LogP contribution in [-0.2, 0) is 13.0 Å². The number of rotatable bonds is 7. The van der Waals surface area contributed by atoms with Gasteiger partial charge >= 0.3 is 0 Å². The molecule has 2 aromatic carbocycles. The highest BCUT2D eigenvalue weighted by atomic mass is 16.5. The summed E-state index contributed by atoms with van der Waals surface area (Å²) in [6.45, 7) is 4.77. The van der Waals surface area contributed by atoms with Crippen LogP contribution in [-0.4, -0.2) is 18.1 Å². The third kappa shape index (κ3) is 3.31. The molecule has 0 aliphatic heterocycles. The Morgan fingerprint density at radius 2 is 1.82 bits per heavy atom. The van der Waals surface area contributed by atoms with Crippen molar-refractivity contribution in [3.05, 3.63) is 65.9 Å². The van der Waals surface area contributed by atoms with Crippen molar-refractivity contribution in [2.24, 2.45) is 0 Å². The number of quaternary nitrogens is 1. The molecule has 0 amide bonds. The van der Waals surface area contributed by atoms with Gasteiger partial charge in [-0.05, 0) is 30.7 Å². The van der Waals surface area contributed by atoms with Crippen LogP contribution in [0.25, 0.3) is 10.9 Å². The molecule has 3 heteroatoms. The standard InChI is InChI=1S/C19H22N2O/c1-2-22-19-10-6-3-7-16(19)13-20-12-11-15-14-21-18-9-5-4-8-17(15)18/h3-10,14,20-21H,2,11-13H2,1H3/p+1. The summed E-state index contributed by atoms with van der Waals surface area (Å²) in [5.74, 6) is 1.01. The van der Waals surface area contributed by atoms with Gasteiger partial charge in [-0.3, -0.25) is 0 Å². The number of nitrogens with one attached hydrogen (secondary N) is 1. The molecule has 114 valence electrons. The van der Waals surface area contributed by atoms with Gasteiger partial charge in [0.1, 0.15) is 12.3 Å². The molecule has 0 spiro atoms. The number of hydrogen-bond donors (Lipinski definition) is 2. The zero-order valence-electron chi connectivity index (χ0n) is 13.0. The largest absolute Gasteiger partial charge is 0.493 e. The van der Waals surface area contributed by atoms with Crippen LogP contribution in [0.2, 0.25) is 0 Å². The summed E-state index contributed by atoms with van der Waals surface area (Å²) >= 11 is 0. The molecule has 1 aromatic heterocycles. The molecule has 3 aromatic rings. The van der Waals surface area contributed by atoms with Gasteiger partial charge < -0.3 is 15.0 Å². The van der Waals surface area contributed by atoms with E-state index in [2.05, 4.69) is 52.9 Å². The van der Waals surface area contributed by atoms with Gasteiger partial charge in [0.25, 0.3) is 0 Å². The molecule has 0 radical (unpaired) electrons. The van der Waals surface area contributed by atoms with E-state index in [4.69, 9.17) is 4.74 Å². The van der Waals surface area contributed by atoms with Gasteiger partial charge in [-0.25, -0.2) is 0 Å². The van der Waals surface area contributed by atoms with Crippen molar-refractivity contribution in [3.63, 3.8) is 0 Å². The maximum atomic E-state index is 5.67. The fourth-order valence-electron chi connectivity index (χ4n) is 2.82. The predicted molar refractivity (Wildman–Crippen MR) is 90.1 cm³/mol. The number of para-hydroxylation sites is 2. The summed E-state index contributed by atoms with van der Waals surface area (Å²) in [5.41, 5.74) is 3.88. The summed E-state index contributed by atoms with van der Waals surface area (Å²) in [4.78, 5) is 3.34. The maximum Gasteiger partial charge on any atom is 0.128 e. The van der Waals surface area contributed by atoms with Crippen LogP contribution in [0.5, 0.6) is 5.75 Å². The van der Waals surface area contributed by atoms with Crippen LogP contribution in [0.4, 0.5) is 0 Å². The fraction of sp³-hybridized carbons (Fsp3) is 0.263. The quantitative estimate of drug-likeness (QED) is 0.647. The highest BCUT2D eigenvalue weighted by molar-refractivity contribution is 5.82. The number of H-pyrrole nitrogens is 1. The second kappa shape index (κ2) is 7.14. The minimum absolute atomic E-state index is 0.715. The van der Waals surface area contributed by atoms with E-state index in [0.717, 1.165) is 25.3 Å². The Labute approximate surface area is 131 Å². The molecule has 0 saturated heterocycles. The van der Waals surface area contributed by atoms with Crippen molar-refractivity contribution < 1.29 is 10.1 Å². The molecular weight excluding hydrogens is 272 g/mol. The Morgan fingerprint density at radius 3 is 2.73 bits per heavy atom. The van der Waals surface area contributed by atoms with E-state index < -0.39 is 0 Å². The van der Waals surface area contributed by atoms with Gasteiger partial charge in [-0.1, -0.05) is 30.3 Å². The lowest BCUT2D eigenvalue weighted by Gasteiger charge is -2.08. The molecule has 0 unspecified atom stereocenters. The summed E-state index contributed by atoms with van der Waals surface area (Å²) in [7, 11) is 0. The molecule has 0 aliphatic carbocycles. The number of nitrogens with two attached hydrogens (primary N) is 1. The van der Waals surface area contributed by atoms with Crippen LogP contribution < -0.4 is 10.1 Å². The van der Waals surface area contributed by atoms with E-state index in [1.54, 1.807) is 0 Å². The highest BCUT2D eigenvalue weighted by Crippen LogP contribution is 2.18. The van der Waals surface area contributed by atoms with Gasteiger partial charge in [-0.15, -0.1) is 0 Å². The average Bonchev–Trinajstić information content (AvgIpc) is 2.97. The lowest BCUT2D eigenvalue weighted by molar-refractivity contribution is -0.670.